The number of hydrogen-bond donors (Lipinski definition) is 2. The molecule has 0 aliphatic rings. The molecule has 0 aromatic heterocycles. The van der Waals surface area contributed by atoms with Gasteiger partial charge in [0.1, 0.15) is 11.9 Å². The second kappa shape index (κ2) is 4.50. The highest BCUT2D eigenvalue weighted by molar-refractivity contribution is 9.11. The molecule has 0 radical (unpaired) electrons. The van der Waals surface area contributed by atoms with Crippen LogP contribution in [0.25, 0.3) is 0 Å². The summed E-state index contributed by atoms with van der Waals surface area (Å²) in [5, 5.41) is 0. The van der Waals surface area contributed by atoms with Crippen molar-refractivity contribution in [3.05, 3.63) is 26.4 Å². The molecule has 0 spiro atoms. The van der Waals surface area contributed by atoms with Gasteiger partial charge in [0.15, 0.2) is 0 Å². The van der Waals surface area contributed by atoms with Crippen molar-refractivity contribution in [2.75, 3.05) is 5.73 Å². The largest absolute Gasteiger partial charge is 0.407 e. The van der Waals surface area contributed by atoms with Gasteiger partial charge in [-0.05, 0) is 37.9 Å². The lowest BCUT2D eigenvalue weighted by atomic mass is 10.0. The quantitative estimate of drug-likeness (QED) is 0.454. The average molecular weight is 366 g/mol. The predicted octanol–water partition coefficient (Wildman–Crippen LogP) is 3.50. The van der Waals surface area contributed by atoms with Crippen LogP contribution in [0.3, 0.4) is 0 Å². The molecular formula is C8H6Br2F4N2. The van der Waals surface area contributed by atoms with E-state index in [9.17, 15) is 17.6 Å². The standard InChI is InChI=1S/C8H6Br2F4N2/c9-2-1-3(10)6(15)4(5(2)11)7(16)8(12,13)14/h1,7H,15-16H2/t7-/m0/s1. The van der Waals surface area contributed by atoms with Crippen LogP contribution < -0.4 is 11.5 Å². The molecule has 16 heavy (non-hydrogen) atoms. The molecule has 0 aliphatic carbocycles. The SMILES string of the molecule is Nc1c(Br)cc(Br)c(F)c1[C@H](N)C(F)(F)F. The summed E-state index contributed by atoms with van der Waals surface area (Å²) in [5.74, 6) is -1.11. The van der Waals surface area contributed by atoms with E-state index in [1.165, 1.54) is 6.07 Å². The minimum absolute atomic E-state index is 0.136. The van der Waals surface area contributed by atoms with Gasteiger partial charge < -0.3 is 11.5 Å². The van der Waals surface area contributed by atoms with Crippen LogP contribution in [0.4, 0.5) is 23.2 Å². The molecule has 0 aliphatic heterocycles. The Bertz CT molecular complexity index is 393. The Morgan fingerprint density at radius 3 is 2.12 bits per heavy atom. The Morgan fingerprint density at radius 1 is 1.19 bits per heavy atom. The third-order valence-corrected chi connectivity index (χ3v) is 3.14. The third kappa shape index (κ3) is 2.49. The van der Waals surface area contributed by atoms with Crippen molar-refractivity contribution < 1.29 is 17.6 Å². The van der Waals surface area contributed by atoms with Gasteiger partial charge in [-0.2, -0.15) is 13.2 Å². The molecule has 0 saturated carbocycles. The lowest BCUT2D eigenvalue weighted by molar-refractivity contribution is -0.149. The van der Waals surface area contributed by atoms with Crippen LogP contribution in [-0.2, 0) is 0 Å². The molecule has 0 bridgehead atoms. The molecule has 0 amide bonds. The fraction of sp³-hybridized carbons (Fsp3) is 0.250. The van der Waals surface area contributed by atoms with Crippen molar-refractivity contribution in [1.29, 1.82) is 0 Å². The molecule has 1 atom stereocenters. The van der Waals surface area contributed by atoms with E-state index >= 15 is 0 Å². The van der Waals surface area contributed by atoms with E-state index in [-0.39, 0.29) is 14.6 Å². The van der Waals surface area contributed by atoms with Crippen molar-refractivity contribution in [2.45, 2.75) is 12.2 Å². The summed E-state index contributed by atoms with van der Waals surface area (Å²) in [5.41, 5.74) is 9.16. The monoisotopic (exact) mass is 364 g/mol. The average Bonchev–Trinajstić information content (AvgIpc) is 2.13. The first-order valence-electron chi connectivity index (χ1n) is 3.91. The number of alkyl halides is 3. The molecule has 1 aromatic rings. The summed E-state index contributed by atoms with van der Waals surface area (Å²) in [6, 6.07) is -1.24. The van der Waals surface area contributed by atoms with Crippen molar-refractivity contribution in [1.82, 2.24) is 0 Å². The zero-order chi connectivity index (χ0) is 12.7. The molecule has 1 aromatic carbocycles. The number of rotatable bonds is 1. The van der Waals surface area contributed by atoms with Crippen LogP contribution in [-0.4, -0.2) is 6.18 Å². The van der Waals surface area contributed by atoms with Gasteiger partial charge in [-0.25, -0.2) is 4.39 Å². The second-order valence-electron chi connectivity index (χ2n) is 3.00. The topological polar surface area (TPSA) is 52.0 Å². The highest BCUT2D eigenvalue weighted by Crippen LogP contribution is 2.40. The Kier molecular flexibility index (Phi) is 3.86. The van der Waals surface area contributed by atoms with Crippen LogP contribution in [0.15, 0.2) is 15.0 Å². The van der Waals surface area contributed by atoms with Crippen molar-refractivity contribution >= 4 is 37.5 Å². The number of hydrogen-bond acceptors (Lipinski definition) is 2. The van der Waals surface area contributed by atoms with Gasteiger partial charge in [0, 0.05) is 10.0 Å². The second-order valence-corrected chi connectivity index (χ2v) is 4.71. The predicted molar refractivity (Wildman–Crippen MR) is 59.2 cm³/mol. The Labute approximate surface area is 105 Å². The number of nitrogens with two attached hydrogens (primary N) is 2. The molecule has 1 rings (SSSR count). The molecular weight excluding hydrogens is 360 g/mol. The van der Waals surface area contributed by atoms with Crippen molar-refractivity contribution in [3.8, 4) is 0 Å². The number of benzene rings is 1. The third-order valence-electron chi connectivity index (χ3n) is 1.91. The first kappa shape index (κ1) is 13.7. The number of anilines is 1. The molecule has 2 nitrogen and oxygen atoms in total. The van der Waals surface area contributed by atoms with Gasteiger partial charge in [-0.3, -0.25) is 0 Å². The Morgan fingerprint density at radius 2 is 1.69 bits per heavy atom. The van der Waals surface area contributed by atoms with Crippen LogP contribution in [0.1, 0.15) is 11.6 Å². The normalized spacial score (nSPS) is 13.9. The highest BCUT2D eigenvalue weighted by atomic mass is 79.9. The van der Waals surface area contributed by atoms with Gasteiger partial charge in [0.2, 0.25) is 0 Å². The zero-order valence-electron chi connectivity index (χ0n) is 7.58. The highest BCUT2D eigenvalue weighted by Gasteiger charge is 2.41. The zero-order valence-corrected chi connectivity index (χ0v) is 10.7. The summed E-state index contributed by atoms with van der Waals surface area (Å²) in [6.45, 7) is 0. The lowest BCUT2D eigenvalue weighted by Gasteiger charge is -2.19. The molecule has 4 N–H and O–H groups in total. The van der Waals surface area contributed by atoms with E-state index in [4.69, 9.17) is 11.5 Å². The van der Waals surface area contributed by atoms with E-state index in [1.807, 2.05) is 0 Å². The molecule has 0 unspecified atom stereocenters. The fourth-order valence-electron chi connectivity index (χ4n) is 1.10. The minimum atomic E-state index is -4.75. The molecule has 0 heterocycles. The van der Waals surface area contributed by atoms with Gasteiger partial charge in [0.05, 0.1) is 10.2 Å². The van der Waals surface area contributed by atoms with Crippen molar-refractivity contribution in [2.24, 2.45) is 5.73 Å². The van der Waals surface area contributed by atoms with E-state index in [0.717, 1.165) is 0 Å². The maximum atomic E-state index is 13.5. The Hall–Kier alpha value is -0.340. The first-order chi connectivity index (χ1) is 7.16. The fourth-order valence-corrected chi connectivity index (χ4v) is 2.29. The summed E-state index contributed by atoms with van der Waals surface area (Å²) in [6.07, 6.45) is -4.75. The van der Waals surface area contributed by atoms with Crippen molar-refractivity contribution in [3.63, 3.8) is 0 Å². The van der Waals surface area contributed by atoms with Gasteiger partial charge in [-0.15, -0.1) is 0 Å². The summed E-state index contributed by atoms with van der Waals surface area (Å²) in [7, 11) is 0. The van der Waals surface area contributed by atoms with Crippen LogP contribution in [0.5, 0.6) is 0 Å². The maximum absolute atomic E-state index is 13.5. The molecule has 0 saturated heterocycles. The smallest absolute Gasteiger partial charge is 0.397 e. The van der Waals surface area contributed by atoms with Crippen LogP contribution in [0, 0.1) is 5.82 Å². The molecule has 0 fully saturated rings. The summed E-state index contributed by atoms with van der Waals surface area (Å²) in [4.78, 5) is 0. The number of halogens is 6. The van der Waals surface area contributed by atoms with E-state index in [0.29, 0.717) is 0 Å². The van der Waals surface area contributed by atoms with Crippen LogP contribution >= 0.6 is 31.9 Å². The van der Waals surface area contributed by atoms with E-state index in [1.54, 1.807) is 0 Å². The lowest BCUT2D eigenvalue weighted by Crippen LogP contribution is -2.30. The summed E-state index contributed by atoms with van der Waals surface area (Å²) >= 11 is 5.70. The van der Waals surface area contributed by atoms with Crippen LogP contribution in [0.2, 0.25) is 0 Å². The van der Waals surface area contributed by atoms with Gasteiger partial charge >= 0.3 is 6.18 Å². The van der Waals surface area contributed by atoms with E-state index in [2.05, 4.69) is 31.9 Å². The van der Waals surface area contributed by atoms with E-state index < -0.39 is 23.6 Å². The molecule has 90 valence electrons. The summed E-state index contributed by atoms with van der Waals surface area (Å²) < 4.78 is 50.6. The Balaban J connectivity index is 3.44. The first-order valence-corrected chi connectivity index (χ1v) is 5.50. The van der Waals surface area contributed by atoms with Gasteiger partial charge in [0.25, 0.3) is 0 Å². The van der Waals surface area contributed by atoms with Gasteiger partial charge in [-0.1, -0.05) is 0 Å². The minimum Gasteiger partial charge on any atom is -0.397 e. The molecule has 8 heteroatoms. The number of nitrogen functional groups attached to an aromatic ring is 1. The maximum Gasteiger partial charge on any atom is 0.407 e.